The van der Waals surface area contributed by atoms with Crippen molar-refractivity contribution in [3.8, 4) is 0 Å². The van der Waals surface area contributed by atoms with E-state index in [4.69, 9.17) is 0 Å². The number of nitrogens with zero attached hydrogens (tertiary/aromatic N) is 2. The molecule has 0 aliphatic heterocycles. The first-order valence-corrected chi connectivity index (χ1v) is 7.30. The molecule has 0 aromatic heterocycles. The van der Waals surface area contributed by atoms with Gasteiger partial charge in [0, 0.05) is 38.3 Å². The molecular formula is C14H33IN4. The highest BCUT2D eigenvalue weighted by Crippen LogP contribution is 2.03. The molecule has 19 heavy (non-hydrogen) atoms. The van der Waals surface area contributed by atoms with Crippen molar-refractivity contribution in [3.05, 3.63) is 0 Å². The minimum atomic E-state index is 0. The SMILES string of the molecule is CCCN=C(NCC)NCCN(C(C)C)C(C)C.I. The van der Waals surface area contributed by atoms with Gasteiger partial charge in [-0.3, -0.25) is 9.89 Å². The van der Waals surface area contributed by atoms with Gasteiger partial charge < -0.3 is 10.6 Å². The highest BCUT2D eigenvalue weighted by atomic mass is 127. The molecule has 0 spiro atoms. The van der Waals surface area contributed by atoms with E-state index in [1.54, 1.807) is 0 Å². The minimum Gasteiger partial charge on any atom is -0.357 e. The number of halogens is 1. The molecule has 116 valence electrons. The zero-order chi connectivity index (χ0) is 14.0. The lowest BCUT2D eigenvalue weighted by Crippen LogP contribution is -2.45. The van der Waals surface area contributed by atoms with E-state index in [0.29, 0.717) is 12.1 Å². The van der Waals surface area contributed by atoms with Gasteiger partial charge in [-0.1, -0.05) is 6.92 Å². The summed E-state index contributed by atoms with van der Waals surface area (Å²) in [4.78, 5) is 6.98. The molecule has 0 aliphatic rings. The van der Waals surface area contributed by atoms with Gasteiger partial charge in [0.05, 0.1) is 0 Å². The summed E-state index contributed by atoms with van der Waals surface area (Å²) in [5.74, 6) is 0.937. The van der Waals surface area contributed by atoms with Crippen LogP contribution in [0.3, 0.4) is 0 Å². The molecule has 5 heteroatoms. The fraction of sp³-hybridized carbons (Fsp3) is 0.929. The molecule has 0 fully saturated rings. The van der Waals surface area contributed by atoms with Crippen molar-refractivity contribution in [2.24, 2.45) is 4.99 Å². The van der Waals surface area contributed by atoms with Crippen molar-refractivity contribution in [2.45, 2.75) is 60.0 Å². The van der Waals surface area contributed by atoms with Crippen molar-refractivity contribution in [1.82, 2.24) is 15.5 Å². The molecule has 0 radical (unpaired) electrons. The van der Waals surface area contributed by atoms with E-state index >= 15 is 0 Å². The quantitative estimate of drug-likeness (QED) is 0.384. The van der Waals surface area contributed by atoms with Gasteiger partial charge in [-0.2, -0.15) is 0 Å². The van der Waals surface area contributed by atoms with Crippen LogP contribution in [0.1, 0.15) is 48.0 Å². The third-order valence-corrected chi connectivity index (χ3v) is 2.83. The molecule has 0 aromatic rings. The molecule has 0 unspecified atom stereocenters. The van der Waals surface area contributed by atoms with Gasteiger partial charge in [-0.25, -0.2) is 0 Å². The van der Waals surface area contributed by atoms with E-state index in [1.807, 2.05) is 0 Å². The maximum atomic E-state index is 4.49. The fourth-order valence-electron chi connectivity index (χ4n) is 1.98. The second kappa shape index (κ2) is 13.0. The molecule has 4 nitrogen and oxygen atoms in total. The Kier molecular flexibility index (Phi) is 14.5. The van der Waals surface area contributed by atoms with E-state index in [2.05, 4.69) is 62.1 Å². The molecule has 0 bridgehead atoms. The zero-order valence-electron chi connectivity index (χ0n) is 13.5. The second-order valence-electron chi connectivity index (χ2n) is 5.11. The maximum absolute atomic E-state index is 4.49. The number of aliphatic imine (C=N–C) groups is 1. The molecule has 0 aromatic carbocycles. The van der Waals surface area contributed by atoms with E-state index < -0.39 is 0 Å². The van der Waals surface area contributed by atoms with Gasteiger partial charge >= 0.3 is 0 Å². The van der Waals surface area contributed by atoms with Gasteiger partial charge in [-0.15, -0.1) is 24.0 Å². The highest BCUT2D eigenvalue weighted by molar-refractivity contribution is 14.0. The Morgan fingerprint density at radius 3 is 2.05 bits per heavy atom. The maximum Gasteiger partial charge on any atom is 0.191 e. The predicted octanol–water partition coefficient (Wildman–Crippen LogP) is 2.69. The summed E-state index contributed by atoms with van der Waals surface area (Å²) in [5.41, 5.74) is 0. The molecule has 0 amide bonds. The second-order valence-corrected chi connectivity index (χ2v) is 5.11. The molecular weight excluding hydrogens is 351 g/mol. The summed E-state index contributed by atoms with van der Waals surface area (Å²) in [6, 6.07) is 1.17. The van der Waals surface area contributed by atoms with E-state index in [9.17, 15) is 0 Å². The standard InChI is InChI=1S/C14H32N4.HI/c1-7-9-16-14(15-8-2)17-10-11-18(12(3)4)13(5)6;/h12-13H,7-11H2,1-6H3,(H2,15,16,17);1H. The van der Waals surface area contributed by atoms with E-state index in [-0.39, 0.29) is 24.0 Å². The van der Waals surface area contributed by atoms with Crippen LogP contribution < -0.4 is 10.6 Å². The first-order chi connectivity index (χ1) is 8.52. The van der Waals surface area contributed by atoms with E-state index in [0.717, 1.165) is 38.6 Å². The van der Waals surface area contributed by atoms with Crippen molar-refractivity contribution in [3.63, 3.8) is 0 Å². The van der Waals surface area contributed by atoms with Gasteiger partial charge in [0.2, 0.25) is 0 Å². The first-order valence-electron chi connectivity index (χ1n) is 7.30. The average Bonchev–Trinajstić information content (AvgIpc) is 2.30. The Bertz CT molecular complexity index is 221. The molecule has 0 atom stereocenters. The monoisotopic (exact) mass is 384 g/mol. The molecule has 0 heterocycles. The molecule has 0 aliphatic carbocycles. The predicted molar refractivity (Wildman–Crippen MR) is 96.7 cm³/mol. The highest BCUT2D eigenvalue weighted by Gasteiger charge is 2.12. The van der Waals surface area contributed by atoms with E-state index in [1.165, 1.54) is 0 Å². The van der Waals surface area contributed by atoms with Crippen molar-refractivity contribution >= 4 is 29.9 Å². The van der Waals surface area contributed by atoms with Crippen LogP contribution in [-0.4, -0.2) is 49.1 Å². The van der Waals surface area contributed by atoms with Gasteiger partial charge in [-0.05, 0) is 41.0 Å². The van der Waals surface area contributed by atoms with Crippen LogP contribution in [0.15, 0.2) is 4.99 Å². The molecule has 0 saturated heterocycles. The summed E-state index contributed by atoms with van der Waals surface area (Å²) >= 11 is 0. The largest absolute Gasteiger partial charge is 0.357 e. The summed E-state index contributed by atoms with van der Waals surface area (Å²) < 4.78 is 0. The number of hydrogen-bond acceptors (Lipinski definition) is 2. The molecule has 0 saturated carbocycles. The van der Waals surface area contributed by atoms with Crippen LogP contribution in [0.5, 0.6) is 0 Å². The fourth-order valence-corrected chi connectivity index (χ4v) is 1.98. The lowest BCUT2D eigenvalue weighted by molar-refractivity contribution is 0.178. The van der Waals surface area contributed by atoms with Crippen LogP contribution in [0.4, 0.5) is 0 Å². The summed E-state index contributed by atoms with van der Waals surface area (Å²) in [6.07, 6.45) is 1.08. The summed E-state index contributed by atoms with van der Waals surface area (Å²) in [6.45, 7) is 17.0. The van der Waals surface area contributed by atoms with Crippen LogP contribution in [0.2, 0.25) is 0 Å². The van der Waals surface area contributed by atoms with Crippen LogP contribution in [-0.2, 0) is 0 Å². The molecule has 2 N–H and O–H groups in total. The van der Waals surface area contributed by atoms with Crippen molar-refractivity contribution in [1.29, 1.82) is 0 Å². The summed E-state index contributed by atoms with van der Waals surface area (Å²) in [7, 11) is 0. The van der Waals surface area contributed by atoms with Gasteiger partial charge in [0.15, 0.2) is 5.96 Å². The number of hydrogen-bond donors (Lipinski definition) is 2. The lowest BCUT2D eigenvalue weighted by Gasteiger charge is -2.30. The van der Waals surface area contributed by atoms with Gasteiger partial charge in [0.1, 0.15) is 0 Å². The third-order valence-electron chi connectivity index (χ3n) is 2.83. The zero-order valence-corrected chi connectivity index (χ0v) is 15.8. The van der Waals surface area contributed by atoms with Crippen LogP contribution in [0.25, 0.3) is 0 Å². The smallest absolute Gasteiger partial charge is 0.191 e. The Balaban J connectivity index is 0. The Hall–Kier alpha value is -0.0400. The third kappa shape index (κ3) is 10.4. The number of rotatable bonds is 8. The average molecular weight is 384 g/mol. The number of guanidine groups is 1. The van der Waals surface area contributed by atoms with Crippen molar-refractivity contribution < 1.29 is 0 Å². The Morgan fingerprint density at radius 1 is 1.05 bits per heavy atom. The Morgan fingerprint density at radius 2 is 1.63 bits per heavy atom. The Labute approximate surface area is 136 Å². The van der Waals surface area contributed by atoms with Crippen LogP contribution >= 0.6 is 24.0 Å². The molecule has 0 rings (SSSR count). The minimum absolute atomic E-state index is 0. The van der Waals surface area contributed by atoms with Crippen molar-refractivity contribution in [2.75, 3.05) is 26.2 Å². The topological polar surface area (TPSA) is 39.7 Å². The normalized spacial score (nSPS) is 11.9. The van der Waals surface area contributed by atoms with Crippen LogP contribution in [0, 0.1) is 0 Å². The lowest BCUT2D eigenvalue weighted by atomic mass is 10.2. The first kappa shape index (κ1) is 21.3. The summed E-state index contributed by atoms with van der Waals surface area (Å²) in [5, 5.41) is 6.66. The number of nitrogens with one attached hydrogen (secondary N) is 2. The van der Waals surface area contributed by atoms with Gasteiger partial charge in [0.25, 0.3) is 0 Å².